The van der Waals surface area contributed by atoms with Crippen molar-refractivity contribution in [1.82, 2.24) is 14.2 Å². The normalized spacial score (nSPS) is 17.3. The van der Waals surface area contributed by atoms with Crippen LogP contribution < -0.4 is 0 Å². The summed E-state index contributed by atoms with van der Waals surface area (Å²) in [4.78, 5) is 6.29. The van der Waals surface area contributed by atoms with Crippen LogP contribution >= 0.6 is 11.3 Å². The van der Waals surface area contributed by atoms with E-state index in [1.165, 1.54) is 10.4 Å². The van der Waals surface area contributed by atoms with Crippen molar-refractivity contribution in [3.05, 3.63) is 45.9 Å². The summed E-state index contributed by atoms with van der Waals surface area (Å²) in [5, 5.41) is 3.07. The van der Waals surface area contributed by atoms with Crippen LogP contribution in [0.25, 0.3) is 0 Å². The quantitative estimate of drug-likeness (QED) is 0.747. The molecule has 0 saturated carbocycles. The van der Waals surface area contributed by atoms with Gasteiger partial charge in [0.1, 0.15) is 0 Å². The molecule has 0 spiro atoms. The highest BCUT2D eigenvalue weighted by Crippen LogP contribution is 2.31. The number of rotatable bonds is 5. The van der Waals surface area contributed by atoms with Crippen LogP contribution in [0.15, 0.2) is 34.5 Å². The van der Waals surface area contributed by atoms with Gasteiger partial charge in [-0.05, 0) is 24.6 Å². The largest absolute Gasteiger partial charge is 0.416 e. The molecule has 1 aromatic heterocycles. The molecule has 5 nitrogen and oxygen atoms in total. The van der Waals surface area contributed by atoms with Gasteiger partial charge in [0.25, 0.3) is 0 Å². The molecule has 0 bridgehead atoms. The first kappa shape index (κ1) is 20.2. The molecular formula is C17H20F3N3O2S2. The van der Waals surface area contributed by atoms with Gasteiger partial charge in [0, 0.05) is 38.1 Å². The van der Waals surface area contributed by atoms with Gasteiger partial charge >= 0.3 is 6.18 Å². The van der Waals surface area contributed by atoms with E-state index in [1.54, 1.807) is 11.3 Å². The number of aromatic nitrogens is 1. The molecule has 27 heavy (non-hydrogen) atoms. The van der Waals surface area contributed by atoms with Gasteiger partial charge in [-0.25, -0.2) is 13.4 Å². The number of nitrogens with zero attached hydrogens (tertiary/aromatic N) is 3. The lowest BCUT2D eigenvalue weighted by molar-refractivity contribution is -0.137. The van der Waals surface area contributed by atoms with Crippen molar-refractivity contribution < 1.29 is 21.6 Å². The Kier molecular flexibility index (Phi) is 5.90. The van der Waals surface area contributed by atoms with Crippen LogP contribution in [-0.4, -0.2) is 48.8 Å². The van der Waals surface area contributed by atoms with Crippen molar-refractivity contribution >= 4 is 21.4 Å². The fraction of sp³-hybridized carbons (Fsp3) is 0.471. The third kappa shape index (κ3) is 4.68. The minimum absolute atomic E-state index is 0.239. The molecule has 2 heterocycles. The number of piperazine rings is 1. The highest BCUT2D eigenvalue weighted by Gasteiger charge is 2.34. The van der Waals surface area contributed by atoms with E-state index in [9.17, 15) is 21.6 Å². The molecule has 1 aromatic carbocycles. The first-order valence-electron chi connectivity index (χ1n) is 8.53. The van der Waals surface area contributed by atoms with Gasteiger partial charge in [0.2, 0.25) is 10.0 Å². The molecule has 2 aromatic rings. The summed E-state index contributed by atoms with van der Waals surface area (Å²) < 4.78 is 65.2. The molecule has 1 aliphatic rings. The molecule has 0 radical (unpaired) electrons. The SMILES string of the molecule is CCc1nc(CN2CCN(S(=O)(=O)c3cccc(C(F)(F)F)c3)CC2)cs1. The fourth-order valence-corrected chi connectivity index (χ4v) is 5.13. The molecular weight excluding hydrogens is 399 g/mol. The van der Waals surface area contributed by atoms with E-state index in [4.69, 9.17) is 0 Å². The van der Waals surface area contributed by atoms with E-state index in [2.05, 4.69) is 9.88 Å². The van der Waals surface area contributed by atoms with Crippen LogP contribution in [-0.2, 0) is 29.2 Å². The van der Waals surface area contributed by atoms with Crippen molar-refractivity contribution in [2.24, 2.45) is 0 Å². The zero-order chi connectivity index (χ0) is 19.7. The first-order chi connectivity index (χ1) is 12.7. The van der Waals surface area contributed by atoms with Gasteiger partial charge in [0.15, 0.2) is 0 Å². The Balaban J connectivity index is 1.66. The van der Waals surface area contributed by atoms with Crippen molar-refractivity contribution in [2.75, 3.05) is 26.2 Å². The Morgan fingerprint density at radius 2 is 1.89 bits per heavy atom. The Hall–Kier alpha value is -1.49. The van der Waals surface area contributed by atoms with Gasteiger partial charge in [-0.15, -0.1) is 11.3 Å². The molecule has 0 N–H and O–H groups in total. The molecule has 0 unspecified atom stereocenters. The number of hydrogen-bond donors (Lipinski definition) is 0. The van der Waals surface area contributed by atoms with Gasteiger partial charge in [0.05, 0.1) is 21.2 Å². The summed E-state index contributed by atoms with van der Waals surface area (Å²) >= 11 is 1.61. The highest BCUT2D eigenvalue weighted by molar-refractivity contribution is 7.89. The summed E-state index contributed by atoms with van der Waals surface area (Å²) in [7, 11) is -3.95. The fourth-order valence-electron chi connectivity index (χ4n) is 2.92. The lowest BCUT2D eigenvalue weighted by Crippen LogP contribution is -2.48. The van der Waals surface area contributed by atoms with E-state index in [0.29, 0.717) is 25.7 Å². The number of hydrogen-bond acceptors (Lipinski definition) is 5. The Bertz CT molecular complexity index is 889. The third-order valence-corrected chi connectivity index (χ3v) is 7.35. The molecule has 0 amide bonds. The molecule has 3 rings (SSSR count). The third-order valence-electron chi connectivity index (χ3n) is 4.42. The molecule has 1 fully saturated rings. The minimum Gasteiger partial charge on any atom is -0.295 e. The number of benzene rings is 1. The number of halogens is 3. The van der Waals surface area contributed by atoms with Crippen LogP contribution in [0.5, 0.6) is 0 Å². The van der Waals surface area contributed by atoms with E-state index in [-0.39, 0.29) is 18.0 Å². The number of alkyl halides is 3. The van der Waals surface area contributed by atoms with E-state index in [1.807, 2.05) is 12.3 Å². The molecule has 0 aliphatic carbocycles. The second-order valence-electron chi connectivity index (χ2n) is 6.29. The zero-order valence-electron chi connectivity index (χ0n) is 14.7. The summed E-state index contributed by atoms with van der Waals surface area (Å²) in [6, 6.07) is 3.90. The summed E-state index contributed by atoms with van der Waals surface area (Å²) in [5.74, 6) is 0. The minimum atomic E-state index is -4.57. The van der Waals surface area contributed by atoms with Gasteiger partial charge < -0.3 is 0 Å². The standard InChI is InChI=1S/C17H20F3N3O2S2/c1-2-16-21-14(12-26-16)11-22-6-8-23(9-7-22)27(24,25)15-5-3-4-13(10-15)17(18,19)20/h3-5,10,12H,2,6-9,11H2,1H3. The smallest absolute Gasteiger partial charge is 0.295 e. The van der Waals surface area contributed by atoms with E-state index < -0.39 is 21.8 Å². The van der Waals surface area contributed by atoms with Gasteiger partial charge in [-0.1, -0.05) is 13.0 Å². The average Bonchev–Trinajstić information content (AvgIpc) is 3.09. The molecule has 0 atom stereocenters. The van der Waals surface area contributed by atoms with Crippen molar-refractivity contribution in [3.8, 4) is 0 Å². The Labute approximate surface area is 160 Å². The predicted molar refractivity (Wildman–Crippen MR) is 97.0 cm³/mol. The van der Waals surface area contributed by atoms with Crippen LogP contribution in [0.2, 0.25) is 0 Å². The first-order valence-corrected chi connectivity index (χ1v) is 10.8. The maximum atomic E-state index is 12.9. The monoisotopic (exact) mass is 419 g/mol. The molecule has 1 saturated heterocycles. The summed E-state index contributed by atoms with van der Waals surface area (Å²) in [6.07, 6.45) is -3.69. The topological polar surface area (TPSA) is 53.5 Å². The predicted octanol–water partition coefficient (Wildman–Crippen LogP) is 3.23. The molecule has 10 heteroatoms. The number of sulfonamides is 1. The maximum absolute atomic E-state index is 12.9. The second-order valence-corrected chi connectivity index (χ2v) is 9.17. The molecule has 1 aliphatic heterocycles. The summed E-state index contributed by atoms with van der Waals surface area (Å²) in [5.41, 5.74) is 0.00325. The Morgan fingerprint density at radius 3 is 2.48 bits per heavy atom. The maximum Gasteiger partial charge on any atom is 0.416 e. The van der Waals surface area contributed by atoms with Crippen LogP contribution in [0.3, 0.4) is 0 Å². The summed E-state index contributed by atoms with van der Waals surface area (Å²) in [6.45, 7) is 4.19. The number of thiazole rings is 1. The van der Waals surface area contributed by atoms with Crippen LogP contribution in [0.4, 0.5) is 13.2 Å². The lowest BCUT2D eigenvalue weighted by Gasteiger charge is -2.33. The second kappa shape index (κ2) is 7.86. The lowest BCUT2D eigenvalue weighted by atomic mass is 10.2. The average molecular weight is 419 g/mol. The van der Waals surface area contributed by atoms with Gasteiger partial charge in [-0.3, -0.25) is 4.90 Å². The van der Waals surface area contributed by atoms with Crippen molar-refractivity contribution in [1.29, 1.82) is 0 Å². The van der Waals surface area contributed by atoms with Crippen molar-refractivity contribution in [3.63, 3.8) is 0 Å². The van der Waals surface area contributed by atoms with E-state index >= 15 is 0 Å². The van der Waals surface area contributed by atoms with Crippen molar-refractivity contribution in [2.45, 2.75) is 31.0 Å². The molecule has 148 valence electrons. The van der Waals surface area contributed by atoms with Crippen LogP contribution in [0.1, 0.15) is 23.2 Å². The van der Waals surface area contributed by atoms with E-state index in [0.717, 1.165) is 29.3 Å². The highest BCUT2D eigenvalue weighted by atomic mass is 32.2. The number of aryl methyl sites for hydroxylation is 1. The zero-order valence-corrected chi connectivity index (χ0v) is 16.4. The van der Waals surface area contributed by atoms with Gasteiger partial charge in [-0.2, -0.15) is 17.5 Å². The Morgan fingerprint density at radius 1 is 1.19 bits per heavy atom. The van der Waals surface area contributed by atoms with Crippen LogP contribution in [0, 0.1) is 0 Å².